The zero-order valence-electron chi connectivity index (χ0n) is 23.5. The van der Waals surface area contributed by atoms with Crippen molar-refractivity contribution in [3.63, 3.8) is 0 Å². The first-order valence-corrected chi connectivity index (χ1v) is 12.0. The first-order chi connectivity index (χ1) is 20.1. The van der Waals surface area contributed by atoms with Gasteiger partial charge in [0.05, 0.1) is 36.8 Å². The van der Waals surface area contributed by atoms with Crippen LogP contribution < -0.4 is 91.4 Å². The van der Waals surface area contributed by atoms with Gasteiger partial charge in [0.1, 0.15) is 11.8 Å². The Kier molecular flexibility index (Phi) is 13.6. The van der Waals surface area contributed by atoms with Crippen molar-refractivity contribution in [2.45, 2.75) is 25.4 Å². The predicted octanol–water partition coefficient (Wildman–Crippen LogP) is -8.36. The van der Waals surface area contributed by atoms with E-state index in [1.807, 2.05) is 0 Å². The van der Waals surface area contributed by atoms with Gasteiger partial charge in [-0.3, -0.25) is 4.79 Å². The average Bonchev–Trinajstić information content (AvgIpc) is 3.45. The average molecular weight is 620 g/mol. The smallest absolute Gasteiger partial charge is 0.550 e. The van der Waals surface area contributed by atoms with Crippen LogP contribution in [-0.4, -0.2) is 68.9 Å². The van der Waals surface area contributed by atoms with Crippen LogP contribution in [0.15, 0.2) is 43.1 Å². The van der Waals surface area contributed by atoms with Crippen molar-refractivity contribution in [1.29, 1.82) is 0 Å². The van der Waals surface area contributed by atoms with E-state index in [-0.39, 0.29) is 101 Å². The number of rotatable bonds is 9. The summed E-state index contributed by atoms with van der Waals surface area (Å²) < 4.78 is 0. The first-order valence-electron chi connectivity index (χ1n) is 12.0. The Morgan fingerprint density at radius 2 is 1.68 bits per heavy atom. The van der Waals surface area contributed by atoms with Gasteiger partial charge in [0.25, 0.3) is 5.91 Å². The number of anilines is 3. The Labute approximate surface area is 292 Å². The molecule has 0 saturated carbocycles. The van der Waals surface area contributed by atoms with E-state index in [1.54, 1.807) is 12.1 Å². The van der Waals surface area contributed by atoms with Crippen LogP contribution in [0.1, 0.15) is 28.9 Å². The maximum atomic E-state index is 12.2. The standard InChI is InChI=1S/C19H20N8O5.C5H4N4O.2Na/c20-15-14-16(27-19(21)26-15)23-8-11(24-14)7-22-10-3-1-9(2-4-10)17(30)25-12(18(31)32)5-6-13(28)29;10-5-3-4(7-1-6-3)8-2-9-5;;/h1-4,8,12,22H,5-7H2,(H,25,30)(H,28,29)(H,31,32)(H4,20,21,23,26,27);1-2H,(H2,6,7,8,9,10);;/q;;2*+1/p-2. The molecule has 1 unspecified atom stereocenters. The van der Waals surface area contributed by atoms with E-state index in [4.69, 9.17) is 16.6 Å². The van der Waals surface area contributed by atoms with E-state index < -0.39 is 30.3 Å². The van der Waals surface area contributed by atoms with Crippen molar-refractivity contribution in [2.75, 3.05) is 16.8 Å². The number of H-pyrrole nitrogens is 1. The third-order valence-corrected chi connectivity index (χ3v) is 5.55. The molecule has 0 radical (unpaired) electrons. The van der Waals surface area contributed by atoms with Crippen LogP contribution in [0.2, 0.25) is 0 Å². The number of nitrogens with zero attached hydrogens (tertiary/aromatic N) is 7. The number of nitrogen functional groups attached to an aromatic ring is 2. The fraction of sp³-hybridized carbons (Fsp3) is 0.167. The molecule has 20 heteroatoms. The zero-order valence-corrected chi connectivity index (χ0v) is 27.5. The molecule has 0 saturated heterocycles. The minimum atomic E-state index is -1.58. The molecule has 44 heavy (non-hydrogen) atoms. The maximum absolute atomic E-state index is 12.2. The minimum Gasteiger partial charge on any atom is -0.550 e. The monoisotopic (exact) mass is 620 g/mol. The van der Waals surface area contributed by atoms with Crippen LogP contribution in [-0.2, 0) is 16.1 Å². The second kappa shape index (κ2) is 16.6. The Bertz CT molecular complexity index is 1760. The molecule has 1 atom stereocenters. The fourth-order valence-corrected chi connectivity index (χ4v) is 3.51. The van der Waals surface area contributed by atoms with Gasteiger partial charge in [0, 0.05) is 17.2 Å². The largest absolute Gasteiger partial charge is 1.00 e. The van der Waals surface area contributed by atoms with E-state index in [0.717, 1.165) is 0 Å². The number of fused-ring (bicyclic) bond motifs is 2. The summed E-state index contributed by atoms with van der Waals surface area (Å²) in [6, 6.07) is 4.72. The number of aromatic hydroxyl groups is 1. The summed E-state index contributed by atoms with van der Waals surface area (Å²) in [5.74, 6) is -3.63. The molecular weight excluding hydrogens is 598 g/mol. The number of imidazole rings is 1. The molecule has 216 valence electrons. The van der Waals surface area contributed by atoms with Gasteiger partial charge in [-0.05, 0) is 37.1 Å². The molecular formula is C24H22N12Na2O6. The van der Waals surface area contributed by atoms with Crippen LogP contribution >= 0.6 is 0 Å². The van der Waals surface area contributed by atoms with Gasteiger partial charge < -0.3 is 52.0 Å². The predicted molar refractivity (Wildman–Crippen MR) is 142 cm³/mol. The van der Waals surface area contributed by atoms with Gasteiger partial charge in [0.15, 0.2) is 22.6 Å². The number of carbonyl (C=O) groups excluding carboxylic acids is 3. The normalized spacial score (nSPS) is 10.8. The summed E-state index contributed by atoms with van der Waals surface area (Å²) in [5, 5.41) is 36.0. The number of hydrogen-bond donors (Lipinski definition) is 6. The van der Waals surface area contributed by atoms with Crippen molar-refractivity contribution in [3.8, 4) is 5.88 Å². The molecule has 0 spiro atoms. The number of aromatic nitrogens is 8. The molecule has 8 N–H and O–H groups in total. The Balaban J connectivity index is 0.000000474. The number of nitrogens with two attached hydrogens (primary N) is 2. The minimum absolute atomic E-state index is 0. The molecule has 4 aromatic heterocycles. The summed E-state index contributed by atoms with van der Waals surface area (Å²) in [5.41, 5.74) is 14.3. The second-order valence-corrected chi connectivity index (χ2v) is 8.49. The number of nitrogens with one attached hydrogen (secondary N) is 3. The number of carbonyl (C=O) groups is 3. The number of carboxylic acid groups (broad SMARTS) is 2. The number of aromatic amines is 1. The topological polar surface area (TPSA) is 300 Å². The third-order valence-electron chi connectivity index (χ3n) is 5.55. The van der Waals surface area contributed by atoms with Crippen LogP contribution in [0.25, 0.3) is 22.3 Å². The molecule has 5 aromatic rings. The van der Waals surface area contributed by atoms with Crippen LogP contribution in [0, 0.1) is 0 Å². The molecule has 0 fully saturated rings. The SMILES string of the molecule is Nc1nc(N)c2nc(CNc3ccc(C(=O)NC(CCC(=O)[O-])C(=O)[O-])cc3)cnc2n1.Oc1ncnc2nc[nH]c12.[Na+].[Na+]. The van der Waals surface area contributed by atoms with Crippen molar-refractivity contribution in [2.24, 2.45) is 0 Å². The van der Waals surface area contributed by atoms with Crippen molar-refractivity contribution < 1.29 is 88.8 Å². The van der Waals surface area contributed by atoms with Crippen LogP contribution in [0.3, 0.4) is 0 Å². The number of hydrogen-bond acceptors (Lipinski definition) is 16. The number of aliphatic carboxylic acids is 2. The van der Waals surface area contributed by atoms with Gasteiger partial charge in [-0.15, -0.1) is 0 Å². The maximum Gasteiger partial charge on any atom is 1.00 e. The Hall–Kier alpha value is -4.20. The molecule has 1 aromatic carbocycles. The summed E-state index contributed by atoms with van der Waals surface area (Å²) in [6.07, 6.45) is 3.36. The summed E-state index contributed by atoms with van der Waals surface area (Å²) >= 11 is 0. The van der Waals surface area contributed by atoms with E-state index in [0.29, 0.717) is 28.1 Å². The molecule has 0 bridgehead atoms. The van der Waals surface area contributed by atoms with Crippen LogP contribution in [0.4, 0.5) is 17.5 Å². The van der Waals surface area contributed by atoms with Crippen molar-refractivity contribution in [1.82, 2.24) is 45.2 Å². The number of carboxylic acids is 2. The summed E-state index contributed by atoms with van der Waals surface area (Å²) in [4.78, 5) is 64.0. The third kappa shape index (κ3) is 9.66. The zero-order chi connectivity index (χ0) is 30.2. The molecule has 18 nitrogen and oxygen atoms in total. The van der Waals surface area contributed by atoms with Crippen LogP contribution in [0.5, 0.6) is 5.88 Å². The van der Waals surface area contributed by atoms with Gasteiger partial charge in [0.2, 0.25) is 11.8 Å². The van der Waals surface area contributed by atoms with E-state index in [9.17, 15) is 24.6 Å². The van der Waals surface area contributed by atoms with E-state index in [1.165, 1.54) is 31.0 Å². The fourth-order valence-electron chi connectivity index (χ4n) is 3.51. The number of benzene rings is 1. The van der Waals surface area contributed by atoms with Crippen molar-refractivity contribution >= 4 is 57.6 Å². The molecule has 0 aliphatic heterocycles. The summed E-state index contributed by atoms with van der Waals surface area (Å²) in [7, 11) is 0. The molecule has 1 amide bonds. The second-order valence-electron chi connectivity index (χ2n) is 8.49. The van der Waals surface area contributed by atoms with Gasteiger partial charge in [-0.25, -0.2) is 19.9 Å². The van der Waals surface area contributed by atoms with Gasteiger partial charge >= 0.3 is 59.1 Å². The molecule has 0 aliphatic rings. The summed E-state index contributed by atoms with van der Waals surface area (Å²) in [6.45, 7) is 0.286. The van der Waals surface area contributed by atoms with Crippen molar-refractivity contribution in [3.05, 3.63) is 54.4 Å². The van der Waals surface area contributed by atoms with E-state index >= 15 is 0 Å². The Morgan fingerprint density at radius 3 is 2.34 bits per heavy atom. The first kappa shape index (κ1) is 36.0. The van der Waals surface area contributed by atoms with E-state index in [2.05, 4.69) is 50.5 Å². The van der Waals surface area contributed by atoms with Gasteiger partial charge in [-0.2, -0.15) is 15.0 Å². The molecule has 0 aliphatic carbocycles. The number of amides is 1. The van der Waals surface area contributed by atoms with Gasteiger partial charge in [-0.1, -0.05) is 0 Å². The molecule has 5 rings (SSSR count). The Morgan fingerprint density at radius 1 is 0.955 bits per heavy atom. The molecule has 4 heterocycles. The quantitative estimate of drug-likeness (QED) is 0.0833.